The predicted octanol–water partition coefficient (Wildman–Crippen LogP) is 3.59. The molecule has 0 spiro atoms. The summed E-state index contributed by atoms with van der Waals surface area (Å²) in [6.45, 7) is -3.78. The minimum atomic E-state index is -5.87. The smallest absolute Gasteiger partial charge is 0.379 e. The van der Waals surface area contributed by atoms with Crippen LogP contribution in [-0.2, 0) is 14.2 Å². The lowest BCUT2D eigenvalue weighted by Gasteiger charge is -2.43. The molecular weight excluding hydrogens is 451 g/mol. The Morgan fingerprint density at radius 3 is 1.80 bits per heavy atom. The van der Waals surface area contributed by atoms with E-state index in [1.165, 1.54) is 0 Å². The molecule has 2 heterocycles. The van der Waals surface area contributed by atoms with E-state index >= 15 is 0 Å². The van der Waals surface area contributed by atoms with Crippen LogP contribution in [0.4, 0.5) is 48.3 Å². The molecule has 0 aromatic heterocycles. The summed E-state index contributed by atoms with van der Waals surface area (Å²) in [6, 6.07) is -3.28. The molecule has 2 aliphatic rings. The van der Waals surface area contributed by atoms with Crippen molar-refractivity contribution >= 4 is 0 Å². The first-order valence-corrected chi connectivity index (χ1v) is 8.65. The van der Waals surface area contributed by atoms with Crippen LogP contribution in [0.25, 0.3) is 0 Å². The lowest BCUT2D eigenvalue weighted by molar-refractivity contribution is -0.302. The zero-order valence-electron chi connectivity index (χ0n) is 15.1. The van der Waals surface area contributed by atoms with Crippen LogP contribution in [0.3, 0.4) is 0 Å². The first-order valence-electron chi connectivity index (χ1n) is 8.65. The van der Waals surface area contributed by atoms with Crippen molar-refractivity contribution in [3.8, 4) is 0 Å². The number of nitrogens with zero attached hydrogens (tertiary/aromatic N) is 1. The van der Waals surface area contributed by atoms with E-state index < -0.39 is 81.3 Å². The van der Waals surface area contributed by atoms with Crippen molar-refractivity contribution in [1.29, 1.82) is 0 Å². The zero-order chi connectivity index (χ0) is 23.0. The Balaban J connectivity index is 2.04. The molecule has 0 bridgehead atoms. The fourth-order valence-corrected chi connectivity index (χ4v) is 3.21. The molecule has 0 aromatic rings. The van der Waals surface area contributed by atoms with E-state index in [0.717, 1.165) is 0 Å². The van der Waals surface area contributed by atoms with Crippen LogP contribution in [0.2, 0.25) is 0 Å². The SMILES string of the molecule is FC(C(F)(F)F)C(F)(F)CC1COC(C(F)(F)C(N2CCOCC2)C(F)(F)F)CO1. The zero-order valence-corrected chi connectivity index (χ0v) is 15.1. The molecule has 2 fully saturated rings. The Morgan fingerprint density at radius 2 is 1.37 bits per heavy atom. The maximum absolute atomic E-state index is 14.6. The Morgan fingerprint density at radius 1 is 0.800 bits per heavy atom. The second kappa shape index (κ2) is 8.90. The standard InChI is InChI=1S/C15H18F11NO3/c16-10(14(21,22)23)12(17,18)5-8-6-30-9(7-29-8)13(19,20)11(15(24,25)26)27-1-3-28-4-2-27/h8-11H,1-7H2. The molecular formula is C15H18F11NO3. The average molecular weight is 469 g/mol. The molecule has 30 heavy (non-hydrogen) atoms. The largest absolute Gasteiger partial charge is 0.425 e. The molecule has 15 heteroatoms. The molecule has 0 amide bonds. The number of halogens is 11. The summed E-state index contributed by atoms with van der Waals surface area (Å²) in [4.78, 5) is 0.449. The molecule has 2 saturated heterocycles. The van der Waals surface area contributed by atoms with Gasteiger partial charge in [-0.1, -0.05) is 0 Å². The van der Waals surface area contributed by atoms with E-state index in [0.29, 0.717) is 4.90 Å². The first-order chi connectivity index (χ1) is 13.6. The van der Waals surface area contributed by atoms with Crippen LogP contribution in [0, 0.1) is 0 Å². The highest BCUT2D eigenvalue weighted by Gasteiger charge is 2.63. The third kappa shape index (κ3) is 5.85. The molecule has 0 saturated carbocycles. The van der Waals surface area contributed by atoms with E-state index in [4.69, 9.17) is 4.74 Å². The third-order valence-corrected chi connectivity index (χ3v) is 4.64. The van der Waals surface area contributed by atoms with Gasteiger partial charge in [-0.3, -0.25) is 4.90 Å². The van der Waals surface area contributed by atoms with Crippen molar-refractivity contribution in [2.45, 2.75) is 55.0 Å². The van der Waals surface area contributed by atoms with Crippen LogP contribution in [0.15, 0.2) is 0 Å². The summed E-state index contributed by atoms with van der Waals surface area (Å²) in [5.74, 6) is -9.51. The highest BCUT2D eigenvalue weighted by molar-refractivity contribution is 4.98. The molecule has 4 unspecified atom stereocenters. The predicted molar refractivity (Wildman–Crippen MR) is 77.2 cm³/mol. The Kier molecular flexibility index (Phi) is 7.52. The van der Waals surface area contributed by atoms with E-state index in [-0.39, 0.29) is 13.2 Å². The fourth-order valence-electron chi connectivity index (χ4n) is 3.21. The minimum absolute atomic E-state index is 0.217. The molecule has 2 rings (SSSR count). The molecule has 0 aliphatic carbocycles. The Bertz CT molecular complexity index is 555. The maximum Gasteiger partial charge on any atom is 0.425 e. The first kappa shape index (κ1) is 25.3. The van der Waals surface area contributed by atoms with E-state index in [1.807, 2.05) is 0 Å². The van der Waals surface area contributed by atoms with Crippen LogP contribution in [0.5, 0.6) is 0 Å². The van der Waals surface area contributed by atoms with Gasteiger partial charge in [-0.25, -0.2) is 22.0 Å². The summed E-state index contributed by atoms with van der Waals surface area (Å²) in [5.41, 5.74) is 0. The molecule has 0 aromatic carbocycles. The van der Waals surface area contributed by atoms with Gasteiger partial charge in [0.25, 0.3) is 18.0 Å². The number of hydrogen-bond acceptors (Lipinski definition) is 4. The van der Waals surface area contributed by atoms with Crippen molar-refractivity contribution in [2.24, 2.45) is 0 Å². The molecule has 4 atom stereocenters. The van der Waals surface area contributed by atoms with Crippen LogP contribution in [-0.4, -0.2) is 93.0 Å². The highest BCUT2D eigenvalue weighted by atomic mass is 19.4. The molecule has 178 valence electrons. The average Bonchev–Trinajstić information content (AvgIpc) is 2.60. The van der Waals surface area contributed by atoms with Crippen LogP contribution < -0.4 is 0 Å². The lowest BCUT2D eigenvalue weighted by atomic mass is 10.00. The summed E-state index contributed by atoms with van der Waals surface area (Å²) >= 11 is 0. The van der Waals surface area contributed by atoms with Gasteiger partial charge in [0.2, 0.25) is 0 Å². The van der Waals surface area contributed by atoms with Crippen molar-refractivity contribution < 1.29 is 62.5 Å². The monoisotopic (exact) mass is 469 g/mol. The topological polar surface area (TPSA) is 30.9 Å². The lowest BCUT2D eigenvalue weighted by Crippen LogP contribution is -2.65. The number of ether oxygens (including phenoxy) is 3. The van der Waals surface area contributed by atoms with Crippen LogP contribution in [0.1, 0.15) is 6.42 Å². The molecule has 2 aliphatic heterocycles. The van der Waals surface area contributed by atoms with Gasteiger partial charge in [-0.15, -0.1) is 0 Å². The molecule has 0 N–H and O–H groups in total. The van der Waals surface area contributed by atoms with E-state index in [2.05, 4.69) is 9.47 Å². The summed E-state index contributed by atoms with van der Waals surface area (Å²) in [6.07, 6.45) is -22.0. The van der Waals surface area contributed by atoms with Crippen molar-refractivity contribution in [3.05, 3.63) is 0 Å². The maximum atomic E-state index is 14.6. The normalized spacial score (nSPS) is 27.7. The number of hydrogen-bond donors (Lipinski definition) is 0. The number of alkyl halides is 11. The quantitative estimate of drug-likeness (QED) is 0.557. The van der Waals surface area contributed by atoms with E-state index in [1.54, 1.807) is 0 Å². The molecule has 4 nitrogen and oxygen atoms in total. The van der Waals surface area contributed by atoms with Crippen LogP contribution >= 0.6 is 0 Å². The van der Waals surface area contributed by atoms with Gasteiger partial charge in [-0.05, 0) is 0 Å². The summed E-state index contributed by atoms with van der Waals surface area (Å²) in [7, 11) is 0. The van der Waals surface area contributed by atoms with E-state index in [9.17, 15) is 48.3 Å². The summed E-state index contributed by atoms with van der Waals surface area (Å²) in [5, 5.41) is 0. The second-order valence-electron chi connectivity index (χ2n) is 6.91. The third-order valence-electron chi connectivity index (χ3n) is 4.64. The van der Waals surface area contributed by atoms with Gasteiger partial charge in [0.15, 0.2) is 6.04 Å². The Hall–Kier alpha value is -0.930. The number of rotatable bonds is 6. The Labute approximate surface area is 163 Å². The van der Waals surface area contributed by atoms with Crippen molar-refractivity contribution in [1.82, 2.24) is 4.90 Å². The van der Waals surface area contributed by atoms with Gasteiger partial charge < -0.3 is 14.2 Å². The summed E-state index contributed by atoms with van der Waals surface area (Å²) < 4.78 is 160. The van der Waals surface area contributed by atoms with Gasteiger partial charge in [-0.2, -0.15) is 26.3 Å². The van der Waals surface area contributed by atoms with Gasteiger partial charge in [0.05, 0.1) is 32.5 Å². The highest BCUT2D eigenvalue weighted by Crippen LogP contribution is 2.42. The van der Waals surface area contributed by atoms with Crippen molar-refractivity contribution in [3.63, 3.8) is 0 Å². The van der Waals surface area contributed by atoms with Gasteiger partial charge in [0.1, 0.15) is 6.10 Å². The van der Waals surface area contributed by atoms with Gasteiger partial charge in [0, 0.05) is 19.5 Å². The van der Waals surface area contributed by atoms with Gasteiger partial charge >= 0.3 is 12.4 Å². The minimum Gasteiger partial charge on any atom is -0.379 e. The fraction of sp³-hybridized carbons (Fsp3) is 1.00. The molecule has 0 radical (unpaired) electrons. The number of morpholine rings is 1. The van der Waals surface area contributed by atoms with Crippen molar-refractivity contribution in [2.75, 3.05) is 39.5 Å². The second-order valence-corrected chi connectivity index (χ2v) is 6.91.